The van der Waals surface area contributed by atoms with Gasteiger partial charge in [-0.25, -0.2) is 0 Å². The predicted molar refractivity (Wildman–Crippen MR) is 99.6 cm³/mol. The standard InChI is InChI=1S/C21H23NO5/c1-24-17-5-3-16(4-6-17)21(8-10-25-11-9-21)13-22-20(23)15-2-7-18-19(12-15)27-14-26-18/h2-7,12H,8-11,13-14H2,1H3,(H,22,23). The van der Waals surface area contributed by atoms with Gasteiger partial charge >= 0.3 is 0 Å². The van der Waals surface area contributed by atoms with E-state index < -0.39 is 0 Å². The maximum atomic E-state index is 12.7. The van der Waals surface area contributed by atoms with E-state index >= 15 is 0 Å². The quantitative estimate of drug-likeness (QED) is 0.878. The Hall–Kier alpha value is -2.73. The molecule has 1 amide bonds. The number of rotatable bonds is 5. The SMILES string of the molecule is COc1ccc(C2(CNC(=O)c3ccc4c(c3)OCO4)CCOCC2)cc1. The summed E-state index contributed by atoms with van der Waals surface area (Å²) in [6.45, 7) is 2.12. The molecule has 2 aromatic carbocycles. The predicted octanol–water partition coefficient (Wildman–Crippen LogP) is 2.90. The summed E-state index contributed by atoms with van der Waals surface area (Å²) in [5, 5.41) is 3.11. The second-order valence-electron chi connectivity index (χ2n) is 6.87. The molecule has 6 nitrogen and oxygen atoms in total. The first-order valence-electron chi connectivity index (χ1n) is 9.10. The first-order chi connectivity index (χ1) is 13.2. The molecule has 6 heteroatoms. The average molecular weight is 369 g/mol. The Morgan fingerprint density at radius 1 is 1.07 bits per heavy atom. The molecule has 0 radical (unpaired) electrons. The zero-order valence-electron chi connectivity index (χ0n) is 15.3. The van der Waals surface area contributed by atoms with Crippen LogP contribution in [0.4, 0.5) is 0 Å². The fourth-order valence-electron chi connectivity index (χ4n) is 3.66. The van der Waals surface area contributed by atoms with E-state index in [9.17, 15) is 4.79 Å². The number of ether oxygens (including phenoxy) is 4. The summed E-state index contributed by atoms with van der Waals surface area (Å²) in [4.78, 5) is 12.7. The molecular weight excluding hydrogens is 346 g/mol. The summed E-state index contributed by atoms with van der Waals surface area (Å²) in [5.74, 6) is 1.99. The van der Waals surface area contributed by atoms with Gasteiger partial charge in [0.05, 0.1) is 7.11 Å². The fraction of sp³-hybridized carbons (Fsp3) is 0.381. The third kappa shape index (κ3) is 3.57. The van der Waals surface area contributed by atoms with Gasteiger partial charge in [0.2, 0.25) is 6.79 Å². The lowest BCUT2D eigenvalue weighted by atomic mass is 9.74. The second-order valence-corrected chi connectivity index (χ2v) is 6.87. The van der Waals surface area contributed by atoms with Crippen molar-refractivity contribution in [2.75, 3.05) is 33.7 Å². The molecule has 0 atom stereocenters. The molecule has 2 aromatic rings. The largest absolute Gasteiger partial charge is 0.497 e. The van der Waals surface area contributed by atoms with Gasteiger partial charge < -0.3 is 24.3 Å². The van der Waals surface area contributed by atoms with Gasteiger partial charge in [0.15, 0.2) is 11.5 Å². The molecule has 4 rings (SSSR count). The average Bonchev–Trinajstić information content (AvgIpc) is 3.20. The molecule has 0 aromatic heterocycles. The highest BCUT2D eigenvalue weighted by Crippen LogP contribution is 2.36. The smallest absolute Gasteiger partial charge is 0.251 e. The number of carbonyl (C=O) groups excluding carboxylic acids is 1. The number of hydrogen-bond acceptors (Lipinski definition) is 5. The van der Waals surface area contributed by atoms with Crippen molar-refractivity contribution in [3.05, 3.63) is 53.6 Å². The highest BCUT2D eigenvalue weighted by Gasteiger charge is 2.35. The van der Waals surface area contributed by atoms with Crippen LogP contribution >= 0.6 is 0 Å². The fourth-order valence-corrected chi connectivity index (χ4v) is 3.66. The lowest BCUT2D eigenvalue weighted by Crippen LogP contribution is -2.44. The van der Waals surface area contributed by atoms with E-state index in [1.54, 1.807) is 25.3 Å². The summed E-state index contributed by atoms with van der Waals surface area (Å²) < 4.78 is 21.5. The molecule has 142 valence electrons. The summed E-state index contributed by atoms with van der Waals surface area (Å²) in [5.41, 5.74) is 1.62. The molecule has 0 bridgehead atoms. The van der Waals surface area contributed by atoms with Gasteiger partial charge in [0.1, 0.15) is 5.75 Å². The zero-order chi connectivity index (χ0) is 18.7. The van der Waals surface area contributed by atoms with Crippen LogP contribution in [0.15, 0.2) is 42.5 Å². The number of methoxy groups -OCH3 is 1. The Morgan fingerprint density at radius 2 is 1.81 bits per heavy atom. The van der Waals surface area contributed by atoms with E-state index in [4.69, 9.17) is 18.9 Å². The number of fused-ring (bicyclic) bond motifs is 1. The molecule has 2 aliphatic rings. The van der Waals surface area contributed by atoms with E-state index in [1.807, 2.05) is 12.1 Å². The van der Waals surface area contributed by atoms with Crippen molar-refractivity contribution in [3.63, 3.8) is 0 Å². The lowest BCUT2D eigenvalue weighted by molar-refractivity contribution is 0.0487. The van der Waals surface area contributed by atoms with Gasteiger partial charge in [0, 0.05) is 30.7 Å². The van der Waals surface area contributed by atoms with Crippen molar-refractivity contribution < 1.29 is 23.7 Å². The van der Waals surface area contributed by atoms with Gasteiger partial charge in [0.25, 0.3) is 5.91 Å². The van der Waals surface area contributed by atoms with Crippen LogP contribution in [0.1, 0.15) is 28.8 Å². The van der Waals surface area contributed by atoms with Crippen LogP contribution in [0.3, 0.4) is 0 Å². The molecule has 0 aliphatic carbocycles. The van der Waals surface area contributed by atoms with Crippen LogP contribution in [0.2, 0.25) is 0 Å². The zero-order valence-corrected chi connectivity index (χ0v) is 15.3. The van der Waals surface area contributed by atoms with E-state index in [1.165, 1.54) is 5.56 Å². The van der Waals surface area contributed by atoms with Gasteiger partial charge in [-0.05, 0) is 48.7 Å². The molecule has 2 heterocycles. The van der Waals surface area contributed by atoms with Crippen LogP contribution in [-0.4, -0.2) is 39.6 Å². The van der Waals surface area contributed by atoms with Gasteiger partial charge in [-0.2, -0.15) is 0 Å². The molecule has 27 heavy (non-hydrogen) atoms. The van der Waals surface area contributed by atoms with Crippen molar-refractivity contribution in [1.82, 2.24) is 5.32 Å². The summed E-state index contributed by atoms with van der Waals surface area (Å²) in [6.07, 6.45) is 1.72. The number of hydrogen-bond donors (Lipinski definition) is 1. The third-order valence-corrected chi connectivity index (χ3v) is 5.37. The van der Waals surface area contributed by atoms with E-state index in [0.717, 1.165) is 18.6 Å². The maximum absolute atomic E-state index is 12.7. The molecule has 1 fully saturated rings. The molecule has 0 unspecified atom stereocenters. The minimum atomic E-state index is -0.142. The number of nitrogens with one attached hydrogen (secondary N) is 1. The van der Waals surface area contributed by atoms with Crippen LogP contribution in [-0.2, 0) is 10.2 Å². The Kier molecular flexibility index (Phi) is 4.90. The van der Waals surface area contributed by atoms with Crippen molar-refractivity contribution in [2.45, 2.75) is 18.3 Å². The van der Waals surface area contributed by atoms with Gasteiger partial charge in [-0.3, -0.25) is 4.79 Å². The number of benzene rings is 2. The molecule has 1 saturated heterocycles. The number of amides is 1. The lowest BCUT2D eigenvalue weighted by Gasteiger charge is -2.38. The first-order valence-corrected chi connectivity index (χ1v) is 9.10. The molecular formula is C21H23NO5. The van der Waals surface area contributed by atoms with Gasteiger partial charge in [-0.1, -0.05) is 12.1 Å². The van der Waals surface area contributed by atoms with Crippen molar-refractivity contribution >= 4 is 5.91 Å². The molecule has 2 aliphatic heterocycles. The second kappa shape index (κ2) is 7.48. The minimum absolute atomic E-state index is 0.118. The van der Waals surface area contributed by atoms with E-state index in [-0.39, 0.29) is 18.1 Å². The molecule has 1 N–H and O–H groups in total. The highest BCUT2D eigenvalue weighted by atomic mass is 16.7. The maximum Gasteiger partial charge on any atom is 0.251 e. The minimum Gasteiger partial charge on any atom is -0.497 e. The monoisotopic (exact) mass is 369 g/mol. The highest BCUT2D eigenvalue weighted by molar-refractivity contribution is 5.95. The summed E-state index contributed by atoms with van der Waals surface area (Å²) in [6, 6.07) is 13.3. The van der Waals surface area contributed by atoms with Crippen LogP contribution < -0.4 is 19.5 Å². The Labute approximate surface area is 158 Å². The summed E-state index contributed by atoms with van der Waals surface area (Å²) >= 11 is 0. The normalized spacial score (nSPS) is 17.4. The van der Waals surface area contributed by atoms with Crippen LogP contribution in [0.5, 0.6) is 17.2 Å². The van der Waals surface area contributed by atoms with Crippen molar-refractivity contribution in [1.29, 1.82) is 0 Å². The first kappa shape index (κ1) is 17.7. The van der Waals surface area contributed by atoms with E-state index in [0.29, 0.717) is 36.8 Å². The molecule has 0 saturated carbocycles. The Balaban J connectivity index is 1.51. The number of carbonyl (C=O) groups is 1. The third-order valence-electron chi connectivity index (χ3n) is 5.37. The van der Waals surface area contributed by atoms with Crippen LogP contribution in [0, 0.1) is 0 Å². The van der Waals surface area contributed by atoms with Gasteiger partial charge in [-0.15, -0.1) is 0 Å². The van der Waals surface area contributed by atoms with Crippen LogP contribution in [0.25, 0.3) is 0 Å². The summed E-state index contributed by atoms with van der Waals surface area (Å²) in [7, 11) is 1.66. The van der Waals surface area contributed by atoms with E-state index in [2.05, 4.69) is 17.4 Å². The van der Waals surface area contributed by atoms with Crippen molar-refractivity contribution in [2.24, 2.45) is 0 Å². The topological polar surface area (TPSA) is 66.0 Å². The Bertz CT molecular complexity index is 812. The van der Waals surface area contributed by atoms with Crippen molar-refractivity contribution in [3.8, 4) is 17.2 Å². The Morgan fingerprint density at radius 3 is 2.56 bits per heavy atom. The molecule has 0 spiro atoms.